The number of hydrogen-bond acceptors (Lipinski definition) is 4. The Morgan fingerprint density at radius 2 is 2.26 bits per heavy atom. The lowest BCUT2D eigenvalue weighted by molar-refractivity contribution is 0.182. The molecule has 3 rings (SSSR count). The van der Waals surface area contributed by atoms with Gasteiger partial charge in [-0.15, -0.1) is 0 Å². The molecule has 1 aromatic carbocycles. The molecule has 0 saturated carbocycles. The predicted octanol–water partition coefficient (Wildman–Crippen LogP) is 2.88. The highest BCUT2D eigenvalue weighted by Crippen LogP contribution is 2.23. The molecule has 1 fully saturated rings. The van der Waals surface area contributed by atoms with Crippen LogP contribution in [0.3, 0.4) is 0 Å². The average Bonchev–Trinajstić information content (AvgIpc) is 2.96. The van der Waals surface area contributed by atoms with Crippen LogP contribution in [0.4, 0.5) is 0 Å². The van der Waals surface area contributed by atoms with Gasteiger partial charge in [0.2, 0.25) is 0 Å². The third-order valence-electron chi connectivity index (χ3n) is 4.55. The molecule has 0 aliphatic carbocycles. The summed E-state index contributed by atoms with van der Waals surface area (Å²) < 4.78 is 1.80. The highest BCUT2D eigenvalue weighted by Gasteiger charge is 2.20. The number of halogens is 1. The van der Waals surface area contributed by atoms with E-state index >= 15 is 0 Å². The van der Waals surface area contributed by atoms with E-state index in [-0.39, 0.29) is 0 Å². The molecule has 0 spiro atoms. The summed E-state index contributed by atoms with van der Waals surface area (Å²) in [7, 11) is 0. The van der Waals surface area contributed by atoms with E-state index in [4.69, 9.17) is 11.6 Å². The Balaban J connectivity index is 1.83. The molecule has 0 amide bonds. The molecule has 6 heteroatoms. The highest BCUT2D eigenvalue weighted by atomic mass is 35.5. The molecule has 0 bridgehead atoms. The first-order valence-electron chi connectivity index (χ1n) is 8.36. The second kappa shape index (κ2) is 7.90. The van der Waals surface area contributed by atoms with Gasteiger partial charge in [-0.2, -0.15) is 5.10 Å². The molecule has 0 radical (unpaired) electrons. The van der Waals surface area contributed by atoms with E-state index < -0.39 is 0 Å². The van der Waals surface area contributed by atoms with Gasteiger partial charge in [-0.05, 0) is 56.6 Å². The van der Waals surface area contributed by atoms with Crippen molar-refractivity contribution in [3.63, 3.8) is 0 Å². The van der Waals surface area contributed by atoms with Crippen LogP contribution >= 0.6 is 11.6 Å². The second-order valence-electron chi connectivity index (χ2n) is 6.01. The van der Waals surface area contributed by atoms with Crippen molar-refractivity contribution in [1.29, 1.82) is 0 Å². The first-order valence-corrected chi connectivity index (χ1v) is 8.74. The molecule has 23 heavy (non-hydrogen) atoms. The predicted molar refractivity (Wildman–Crippen MR) is 93.0 cm³/mol. The van der Waals surface area contributed by atoms with Crippen molar-refractivity contribution in [3.8, 4) is 5.69 Å². The van der Waals surface area contributed by atoms with Crippen LogP contribution in [0.2, 0.25) is 5.02 Å². The fraction of sp³-hybridized carbons (Fsp3) is 0.529. The first kappa shape index (κ1) is 16.4. The number of hydrogen-bond donors (Lipinski definition) is 1. The Morgan fingerprint density at radius 1 is 1.35 bits per heavy atom. The van der Waals surface area contributed by atoms with Gasteiger partial charge in [-0.3, -0.25) is 4.90 Å². The van der Waals surface area contributed by atoms with Crippen LogP contribution in [0.5, 0.6) is 0 Å². The zero-order valence-electron chi connectivity index (χ0n) is 13.6. The fourth-order valence-corrected chi connectivity index (χ4v) is 3.47. The SMILES string of the molecule is CCN(Cc1ccc(Cl)cc1-n1cncn1)C1CCCNCC1. The van der Waals surface area contributed by atoms with Crippen molar-refractivity contribution in [2.45, 2.75) is 38.8 Å². The molecule has 1 unspecified atom stereocenters. The molecular weight excluding hydrogens is 310 g/mol. The molecular formula is C17H24ClN5. The Kier molecular flexibility index (Phi) is 5.65. The number of aromatic nitrogens is 3. The molecule has 1 aliphatic rings. The number of nitrogens with zero attached hydrogens (tertiary/aromatic N) is 4. The lowest BCUT2D eigenvalue weighted by atomic mass is 10.1. The van der Waals surface area contributed by atoms with Gasteiger partial charge in [0.25, 0.3) is 0 Å². The topological polar surface area (TPSA) is 46.0 Å². The van der Waals surface area contributed by atoms with E-state index in [1.807, 2.05) is 12.1 Å². The van der Waals surface area contributed by atoms with Crippen molar-refractivity contribution in [3.05, 3.63) is 41.4 Å². The fourth-order valence-electron chi connectivity index (χ4n) is 3.30. The van der Waals surface area contributed by atoms with E-state index in [0.717, 1.165) is 36.9 Å². The summed E-state index contributed by atoms with van der Waals surface area (Å²) in [6.45, 7) is 6.44. The van der Waals surface area contributed by atoms with Crippen molar-refractivity contribution in [2.75, 3.05) is 19.6 Å². The van der Waals surface area contributed by atoms with Crippen LogP contribution in [0, 0.1) is 0 Å². The summed E-state index contributed by atoms with van der Waals surface area (Å²) in [5.74, 6) is 0. The van der Waals surface area contributed by atoms with Crippen LogP contribution in [0.25, 0.3) is 5.69 Å². The van der Waals surface area contributed by atoms with Crippen LogP contribution in [-0.4, -0.2) is 45.3 Å². The van der Waals surface area contributed by atoms with Crippen molar-refractivity contribution >= 4 is 11.6 Å². The maximum absolute atomic E-state index is 6.19. The van der Waals surface area contributed by atoms with Gasteiger partial charge in [0.15, 0.2) is 0 Å². The van der Waals surface area contributed by atoms with Crippen LogP contribution in [0.1, 0.15) is 31.7 Å². The standard InChI is InChI=1S/C17H24ClN5/c1-2-22(16-4-3-8-19-9-7-16)11-14-5-6-15(18)10-17(14)23-13-20-12-21-23/h5-6,10,12-13,16,19H,2-4,7-9,11H2,1H3. The third kappa shape index (κ3) is 4.10. The van der Waals surface area contributed by atoms with Gasteiger partial charge in [0, 0.05) is 17.6 Å². The van der Waals surface area contributed by atoms with E-state index in [2.05, 4.69) is 33.3 Å². The molecule has 5 nitrogen and oxygen atoms in total. The maximum Gasteiger partial charge on any atom is 0.138 e. The van der Waals surface area contributed by atoms with Gasteiger partial charge in [-0.1, -0.05) is 24.6 Å². The van der Waals surface area contributed by atoms with Crippen molar-refractivity contribution < 1.29 is 0 Å². The molecule has 2 aromatic rings. The minimum absolute atomic E-state index is 0.634. The molecule has 1 saturated heterocycles. The summed E-state index contributed by atoms with van der Waals surface area (Å²) in [5.41, 5.74) is 2.25. The Hall–Kier alpha value is -1.43. The summed E-state index contributed by atoms with van der Waals surface area (Å²) in [4.78, 5) is 6.62. The maximum atomic E-state index is 6.19. The minimum Gasteiger partial charge on any atom is -0.317 e. The molecule has 124 valence electrons. The van der Waals surface area contributed by atoms with Crippen LogP contribution < -0.4 is 5.32 Å². The van der Waals surface area contributed by atoms with Gasteiger partial charge in [0.05, 0.1) is 5.69 Å². The molecule has 1 N–H and O–H groups in total. The minimum atomic E-state index is 0.634. The van der Waals surface area contributed by atoms with Gasteiger partial charge >= 0.3 is 0 Å². The summed E-state index contributed by atoms with van der Waals surface area (Å²) in [6.07, 6.45) is 6.99. The molecule has 1 aliphatic heterocycles. The van der Waals surface area contributed by atoms with Gasteiger partial charge in [0.1, 0.15) is 12.7 Å². The van der Waals surface area contributed by atoms with Gasteiger partial charge < -0.3 is 5.32 Å². The highest BCUT2D eigenvalue weighted by molar-refractivity contribution is 6.30. The second-order valence-corrected chi connectivity index (χ2v) is 6.45. The van der Waals surface area contributed by atoms with Crippen molar-refractivity contribution in [1.82, 2.24) is 25.0 Å². The number of nitrogens with one attached hydrogen (secondary N) is 1. The zero-order chi connectivity index (χ0) is 16.1. The molecule has 1 aromatic heterocycles. The lowest BCUT2D eigenvalue weighted by Crippen LogP contribution is -2.35. The first-order chi connectivity index (χ1) is 11.3. The Bertz CT molecular complexity index is 605. The zero-order valence-corrected chi connectivity index (χ0v) is 14.3. The quantitative estimate of drug-likeness (QED) is 0.914. The Labute approximate surface area is 142 Å². The monoisotopic (exact) mass is 333 g/mol. The average molecular weight is 334 g/mol. The Morgan fingerprint density at radius 3 is 3.04 bits per heavy atom. The summed E-state index contributed by atoms with van der Waals surface area (Å²) in [5, 5.41) is 8.49. The third-order valence-corrected chi connectivity index (χ3v) is 4.79. The molecule has 2 heterocycles. The van der Waals surface area contributed by atoms with E-state index in [9.17, 15) is 0 Å². The normalized spacial score (nSPS) is 19.0. The van der Waals surface area contributed by atoms with Crippen LogP contribution in [0.15, 0.2) is 30.9 Å². The van der Waals surface area contributed by atoms with E-state index in [0.29, 0.717) is 6.04 Å². The molecule has 1 atom stereocenters. The van der Waals surface area contributed by atoms with Crippen LogP contribution in [-0.2, 0) is 6.54 Å². The van der Waals surface area contributed by atoms with E-state index in [1.165, 1.54) is 24.8 Å². The number of benzene rings is 1. The van der Waals surface area contributed by atoms with E-state index in [1.54, 1.807) is 17.3 Å². The smallest absolute Gasteiger partial charge is 0.138 e. The van der Waals surface area contributed by atoms with Crippen molar-refractivity contribution in [2.24, 2.45) is 0 Å². The lowest BCUT2D eigenvalue weighted by Gasteiger charge is -2.30. The largest absolute Gasteiger partial charge is 0.317 e. The summed E-state index contributed by atoms with van der Waals surface area (Å²) >= 11 is 6.19. The number of rotatable bonds is 5. The van der Waals surface area contributed by atoms with Gasteiger partial charge in [-0.25, -0.2) is 9.67 Å². The summed E-state index contributed by atoms with van der Waals surface area (Å²) in [6, 6.07) is 6.67.